The Hall–Kier alpha value is -4.97. The van der Waals surface area contributed by atoms with Gasteiger partial charge in [-0.25, -0.2) is 4.79 Å². The lowest BCUT2D eigenvalue weighted by Gasteiger charge is -2.43. The quantitative estimate of drug-likeness (QED) is 0.110. The zero-order chi connectivity index (χ0) is 38.3. The number of anilines is 2. The Labute approximate surface area is 329 Å². The van der Waals surface area contributed by atoms with E-state index in [1.807, 2.05) is 42.5 Å². The molecule has 2 fully saturated rings. The summed E-state index contributed by atoms with van der Waals surface area (Å²) < 4.78 is 5.56. The summed E-state index contributed by atoms with van der Waals surface area (Å²) in [4.78, 5) is 29.1. The van der Waals surface area contributed by atoms with Crippen molar-refractivity contribution in [1.82, 2.24) is 25.9 Å². The number of benzene rings is 4. The van der Waals surface area contributed by atoms with Gasteiger partial charge in [0.2, 0.25) is 11.7 Å². The first kappa shape index (κ1) is 37.0. The summed E-state index contributed by atoms with van der Waals surface area (Å²) in [5.41, 5.74) is 4.87. The number of carbonyl (C=O) groups is 2. The number of carbonyl (C=O) groups excluding carboxylic acids is 1. The summed E-state index contributed by atoms with van der Waals surface area (Å²) in [5.74, 6) is -0.966. The van der Waals surface area contributed by atoms with Crippen molar-refractivity contribution in [3.05, 3.63) is 117 Å². The van der Waals surface area contributed by atoms with Crippen molar-refractivity contribution >= 4 is 46.5 Å². The maximum absolute atomic E-state index is 14.9. The van der Waals surface area contributed by atoms with Crippen LogP contribution >= 0.6 is 23.2 Å². The summed E-state index contributed by atoms with van der Waals surface area (Å²) in [5, 5.41) is 32.3. The molecular weight excluding hydrogens is 737 g/mol. The highest BCUT2D eigenvalue weighted by Crippen LogP contribution is 2.59. The molecule has 3 heterocycles. The van der Waals surface area contributed by atoms with Gasteiger partial charge in [0.25, 0.3) is 0 Å². The first-order valence-electron chi connectivity index (χ1n) is 18.7. The molecule has 284 valence electrons. The number of hydrogen-bond acceptors (Lipinski definition) is 8. The zero-order valence-electron chi connectivity index (χ0n) is 30.7. The second kappa shape index (κ2) is 14.9. The number of methoxy groups -OCH3 is 1. The number of halogens is 2. The van der Waals surface area contributed by atoms with Gasteiger partial charge in [-0.2, -0.15) is 5.21 Å². The normalized spacial score (nSPS) is 22.8. The molecule has 11 nitrogen and oxygen atoms in total. The van der Waals surface area contributed by atoms with Gasteiger partial charge >= 0.3 is 5.97 Å². The topological polar surface area (TPSA) is 145 Å². The van der Waals surface area contributed by atoms with Crippen LogP contribution in [0, 0.1) is 5.41 Å². The number of carboxylic acids is 1. The molecule has 0 bridgehead atoms. The molecule has 0 unspecified atom stereocenters. The van der Waals surface area contributed by atoms with Crippen molar-refractivity contribution in [3.63, 3.8) is 0 Å². The second-order valence-corrected chi connectivity index (χ2v) is 16.3. The van der Waals surface area contributed by atoms with Crippen LogP contribution in [0.3, 0.4) is 0 Å². The standard InChI is InChI=1S/C42H43Cl2N7O4/c1-41(18-6-3-7-19-41)22-35-42(24-51(33-17-15-28(43)21-30(33)42)23-25-10-12-26(13-11-25)38-47-49-50-48-38)36(29-8-4-5-9-31(29)44)37(46-35)39(52)45-32-16-14-27(40(53)54)20-34(32)55-2/h4-5,8-17,20-21,35-37,46H,3,6-7,18-19,22-24H2,1-2H3,(H,45,52)(H,53,54)(H,47,48,49,50)/t35-,36-,37+,42-/m0/s1. The largest absolute Gasteiger partial charge is 0.495 e. The van der Waals surface area contributed by atoms with E-state index in [4.69, 9.17) is 27.9 Å². The van der Waals surface area contributed by atoms with E-state index >= 15 is 0 Å². The average molecular weight is 781 g/mol. The molecule has 1 amide bonds. The number of hydrogen-bond donors (Lipinski definition) is 4. The van der Waals surface area contributed by atoms with Crippen LogP contribution in [0.4, 0.5) is 11.4 Å². The van der Waals surface area contributed by atoms with E-state index in [0.717, 1.165) is 47.2 Å². The van der Waals surface area contributed by atoms with E-state index in [-0.39, 0.29) is 28.7 Å². The van der Waals surface area contributed by atoms with E-state index in [1.165, 1.54) is 38.5 Å². The number of aromatic amines is 1. The number of aromatic nitrogens is 4. The van der Waals surface area contributed by atoms with Crippen molar-refractivity contribution in [1.29, 1.82) is 0 Å². The third-order valence-corrected chi connectivity index (χ3v) is 12.6. The molecule has 8 rings (SSSR count). The third-order valence-electron chi connectivity index (χ3n) is 12.1. The Morgan fingerprint density at radius 3 is 2.49 bits per heavy atom. The highest BCUT2D eigenvalue weighted by molar-refractivity contribution is 6.31. The number of aromatic carboxylic acids is 1. The summed E-state index contributed by atoms with van der Waals surface area (Å²) in [6, 6.07) is 25.7. The lowest BCUT2D eigenvalue weighted by molar-refractivity contribution is -0.118. The molecule has 1 saturated heterocycles. The van der Waals surface area contributed by atoms with Crippen molar-refractivity contribution in [2.75, 3.05) is 23.9 Å². The predicted octanol–water partition coefficient (Wildman–Crippen LogP) is 8.26. The molecule has 13 heteroatoms. The van der Waals surface area contributed by atoms with E-state index < -0.39 is 23.3 Å². The average Bonchev–Trinajstić information content (AvgIpc) is 3.90. The van der Waals surface area contributed by atoms with Crippen LogP contribution in [0.1, 0.15) is 78.4 Å². The molecule has 55 heavy (non-hydrogen) atoms. The lowest BCUT2D eigenvalue weighted by Crippen LogP contribution is -2.48. The second-order valence-electron chi connectivity index (χ2n) is 15.5. The molecule has 2 aliphatic heterocycles. The van der Waals surface area contributed by atoms with Crippen LogP contribution in [0.25, 0.3) is 11.4 Å². The fourth-order valence-corrected chi connectivity index (χ4v) is 9.91. The first-order valence-corrected chi connectivity index (χ1v) is 19.4. The number of nitrogens with one attached hydrogen (secondary N) is 3. The number of amides is 1. The van der Waals surface area contributed by atoms with Crippen molar-refractivity contribution in [3.8, 4) is 17.1 Å². The summed E-state index contributed by atoms with van der Waals surface area (Å²) in [6.07, 6.45) is 6.66. The molecule has 1 saturated carbocycles. The summed E-state index contributed by atoms with van der Waals surface area (Å²) in [6.45, 7) is 3.62. The molecular formula is C42H43Cl2N7O4. The Kier molecular flexibility index (Phi) is 10.0. The van der Waals surface area contributed by atoms with Gasteiger partial charge in [0.05, 0.1) is 24.4 Å². The molecule has 5 aromatic rings. The van der Waals surface area contributed by atoms with E-state index in [9.17, 15) is 14.7 Å². The monoisotopic (exact) mass is 779 g/mol. The molecule has 1 spiro atoms. The predicted molar refractivity (Wildman–Crippen MR) is 213 cm³/mol. The van der Waals surface area contributed by atoms with Crippen LogP contribution in [-0.2, 0) is 16.8 Å². The minimum Gasteiger partial charge on any atom is -0.495 e. The van der Waals surface area contributed by atoms with Gasteiger partial charge in [0.15, 0.2) is 0 Å². The van der Waals surface area contributed by atoms with Gasteiger partial charge in [-0.1, -0.05) is 91.9 Å². The highest BCUT2D eigenvalue weighted by atomic mass is 35.5. The number of fused-ring (bicyclic) bond motifs is 2. The van der Waals surface area contributed by atoms with Gasteiger partial charge in [-0.15, -0.1) is 10.2 Å². The van der Waals surface area contributed by atoms with Crippen molar-refractivity contribution < 1.29 is 19.4 Å². The molecule has 1 aliphatic carbocycles. The van der Waals surface area contributed by atoms with E-state index in [0.29, 0.717) is 34.6 Å². The fourth-order valence-electron chi connectivity index (χ4n) is 9.48. The number of nitrogens with zero attached hydrogens (tertiary/aromatic N) is 4. The smallest absolute Gasteiger partial charge is 0.335 e. The van der Waals surface area contributed by atoms with Gasteiger partial charge in [-0.3, -0.25) is 4.79 Å². The maximum Gasteiger partial charge on any atom is 0.335 e. The Bertz CT molecular complexity index is 2210. The Balaban J connectivity index is 1.25. The number of tetrazole rings is 1. The number of ether oxygens (including phenoxy) is 1. The van der Waals surface area contributed by atoms with E-state index in [1.54, 1.807) is 6.07 Å². The molecule has 0 radical (unpaired) electrons. The van der Waals surface area contributed by atoms with Gasteiger partial charge in [0.1, 0.15) is 5.75 Å². The number of H-pyrrole nitrogens is 1. The first-order chi connectivity index (χ1) is 26.6. The van der Waals surface area contributed by atoms with Crippen LogP contribution < -0.4 is 20.3 Å². The molecule has 4 N–H and O–H groups in total. The van der Waals surface area contributed by atoms with Crippen molar-refractivity contribution in [2.24, 2.45) is 5.41 Å². The zero-order valence-corrected chi connectivity index (χ0v) is 32.2. The fraction of sp³-hybridized carbons (Fsp3) is 0.357. The number of rotatable bonds is 10. The van der Waals surface area contributed by atoms with Gasteiger partial charge < -0.3 is 25.4 Å². The number of carboxylic acid groups (broad SMARTS) is 1. The molecule has 4 aromatic carbocycles. The highest BCUT2D eigenvalue weighted by Gasteiger charge is 2.63. The molecule has 4 atom stereocenters. The SMILES string of the molecule is COc1cc(C(=O)O)ccc1NC(=O)[C@@H]1N[C@@H](CC2(C)CCCCC2)[C@@]2(CN(Cc3ccc(-c4nn[nH]n4)cc3)c3ccc(Cl)cc32)[C@H]1c1ccccc1Cl. The van der Waals surface area contributed by atoms with Crippen LogP contribution in [0.2, 0.25) is 10.0 Å². The van der Waals surface area contributed by atoms with Crippen LogP contribution in [0.5, 0.6) is 5.75 Å². The lowest BCUT2D eigenvalue weighted by atomic mass is 9.61. The Morgan fingerprint density at radius 2 is 1.78 bits per heavy atom. The molecule has 1 aromatic heterocycles. The van der Waals surface area contributed by atoms with E-state index in [2.05, 4.69) is 67.3 Å². The van der Waals surface area contributed by atoms with Gasteiger partial charge in [-0.05, 0) is 89.0 Å². The third kappa shape index (κ3) is 6.94. The minimum atomic E-state index is -1.08. The summed E-state index contributed by atoms with van der Waals surface area (Å²) >= 11 is 14.1. The molecule has 3 aliphatic rings. The maximum atomic E-state index is 14.9. The van der Waals surface area contributed by atoms with Crippen LogP contribution in [-0.4, -0.2) is 63.3 Å². The Morgan fingerprint density at radius 1 is 1.00 bits per heavy atom. The van der Waals surface area contributed by atoms with Crippen LogP contribution in [0.15, 0.2) is 84.9 Å². The van der Waals surface area contributed by atoms with Crippen molar-refractivity contribution in [2.45, 2.75) is 75.4 Å². The minimum absolute atomic E-state index is 0.0616. The summed E-state index contributed by atoms with van der Waals surface area (Å²) in [7, 11) is 1.46. The van der Waals surface area contributed by atoms with Gasteiger partial charge in [0, 0.05) is 51.8 Å².